The monoisotopic (exact) mass is 498 g/mol. The van der Waals surface area contributed by atoms with Gasteiger partial charge >= 0.3 is 12.3 Å². The smallest absolute Gasteiger partial charge is 0.428 e. The first-order chi connectivity index (χ1) is 16.3. The van der Waals surface area contributed by atoms with Crippen molar-refractivity contribution in [2.75, 3.05) is 5.32 Å². The van der Waals surface area contributed by atoms with E-state index in [1.165, 1.54) is 18.3 Å². The quantitative estimate of drug-likeness (QED) is 0.550. The largest absolute Gasteiger partial charge is 0.465 e. The number of amides is 2. The molecule has 2 aromatic heterocycles. The van der Waals surface area contributed by atoms with Gasteiger partial charge in [-0.05, 0) is 37.6 Å². The van der Waals surface area contributed by atoms with E-state index in [4.69, 9.17) is 10.4 Å². The van der Waals surface area contributed by atoms with Crippen LogP contribution in [-0.2, 0) is 10.3 Å². The minimum absolute atomic E-state index is 0.125. The maximum absolute atomic E-state index is 15.1. The van der Waals surface area contributed by atoms with Gasteiger partial charge in [0.1, 0.15) is 34.6 Å². The molecule has 0 saturated heterocycles. The van der Waals surface area contributed by atoms with E-state index in [-0.39, 0.29) is 17.1 Å². The number of aryl methyl sites for hydroxylation is 1. The minimum atomic E-state index is -5.32. The number of carboxylic acid groups (broad SMARTS) is 1. The zero-order chi connectivity index (χ0) is 26.1. The van der Waals surface area contributed by atoms with Crippen LogP contribution in [0, 0.1) is 24.1 Å². The van der Waals surface area contributed by atoms with Gasteiger partial charge in [0.15, 0.2) is 6.17 Å². The van der Waals surface area contributed by atoms with Gasteiger partial charge in [0.2, 0.25) is 6.10 Å². The van der Waals surface area contributed by atoms with E-state index < -0.39 is 53.5 Å². The van der Waals surface area contributed by atoms with E-state index in [9.17, 15) is 27.2 Å². The third-order valence-electron chi connectivity index (χ3n) is 4.90. The summed E-state index contributed by atoms with van der Waals surface area (Å²) >= 11 is 0. The second kappa shape index (κ2) is 9.12. The van der Waals surface area contributed by atoms with E-state index in [1.807, 2.05) is 6.07 Å². The summed E-state index contributed by atoms with van der Waals surface area (Å²) in [5.41, 5.74) is -3.28. The Morgan fingerprint density at radius 2 is 1.97 bits per heavy atom. The van der Waals surface area contributed by atoms with Crippen molar-refractivity contribution in [2.24, 2.45) is 4.99 Å². The Labute approximate surface area is 193 Å². The van der Waals surface area contributed by atoms with E-state index in [0.29, 0.717) is 11.6 Å². The molecule has 3 N–H and O–H groups in total. The summed E-state index contributed by atoms with van der Waals surface area (Å²) in [6.07, 6.45) is -12.3. The van der Waals surface area contributed by atoms with Gasteiger partial charge in [-0.1, -0.05) is 0 Å². The van der Waals surface area contributed by atoms with Crippen molar-refractivity contribution in [3.63, 3.8) is 0 Å². The number of anilines is 1. The van der Waals surface area contributed by atoms with Crippen molar-refractivity contribution < 1.29 is 41.4 Å². The fourth-order valence-corrected chi connectivity index (χ4v) is 3.25. The summed E-state index contributed by atoms with van der Waals surface area (Å²) in [4.78, 5) is 34.6. The second-order valence-electron chi connectivity index (χ2n) is 7.46. The number of carbonyl (C=O) groups is 2. The molecule has 10 nitrogen and oxygen atoms in total. The highest BCUT2D eigenvalue weighted by Crippen LogP contribution is 2.42. The summed E-state index contributed by atoms with van der Waals surface area (Å²) in [6, 6.07) is 3.69. The van der Waals surface area contributed by atoms with Crippen molar-refractivity contribution in [1.82, 2.24) is 15.3 Å². The van der Waals surface area contributed by atoms with Gasteiger partial charge in [-0.3, -0.25) is 4.79 Å². The Morgan fingerprint density at radius 1 is 1.29 bits per heavy atom. The number of rotatable bonds is 3. The van der Waals surface area contributed by atoms with Crippen LogP contribution >= 0.6 is 0 Å². The molecule has 0 spiro atoms. The molecular formula is C20H15F5N6O4. The van der Waals surface area contributed by atoms with Gasteiger partial charge in [-0.15, -0.1) is 0 Å². The lowest BCUT2D eigenvalue weighted by Gasteiger charge is -2.38. The van der Waals surface area contributed by atoms with Crippen LogP contribution in [0.1, 0.15) is 34.2 Å². The highest BCUT2D eigenvalue weighted by Gasteiger charge is 2.59. The fourth-order valence-electron chi connectivity index (χ4n) is 3.25. The third-order valence-corrected chi connectivity index (χ3v) is 4.90. The molecule has 0 radical (unpaired) electrons. The predicted molar refractivity (Wildman–Crippen MR) is 108 cm³/mol. The number of nitriles is 1. The number of aliphatic imine (C=N–C) groups is 1. The Morgan fingerprint density at radius 3 is 2.54 bits per heavy atom. The number of ether oxygens (including phenoxy) is 1. The highest BCUT2D eigenvalue weighted by molar-refractivity contribution is 6.03. The number of amidine groups is 1. The van der Waals surface area contributed by atoms with Crippen molar-refractivity contribution >= 4 is 23.8 Å². The molecule has 1 aliphatic heterocycles. The molecule has 3 heterocycles. The summed E-state index contributed by atoms with van der Waals surface area (Å²) < 4.78 is 74.3. The number of nitrogens with one attached hydrogen (secondary N) is 2. The molecule has 0 aromatic carbocycles. The molecule has 0 unspecified atom stereocenters. The second-order valence-corrected chi connectivity index (χ2v) is 7.46. The predicted octanol–water partition coefficient (Wildman–Crippen LogP) is 3.19. The Balaban J connectivity index is 2.03. The average molecular weight is 498 g/mol. The van der Waals surface area contributed by atoms with Gasteiger partial charge in [0.25, 0.3) is 11.9 Å². The summed E-state index contributed by atoms with van der Waals surface area (Å²) in [7, 11) is 0. The maximum atomic E-state index is 15.1. The van der Waals surface area contributed by atoms with Crippen molar-refractivity contribution in [3.8, 4) is 6.07 Å². The Hall–Kier alpha value is -4.35. The molecule has 0 fully saturated rings. The van der Waals surface area contributed by atoms with Crippen molar-refractivity contribution in [3.05, 3.63) is 52.7 Å². The lowest BCUT2D eigenvalue weighted by atomic mass is 9.87. The van der Waals surface area contributed by atoms with E-state index in [0.717, 1.165) is 19.2 Å². The zero-order valence-electron chi connectivity index (χ0n) is 17.8. The van der Waals surface area contributed by atoms with Gasteiger partial charge in [-0.2, -0.15) is 18.4 Å². The number of pyridine rings is 2. The molecule has 0 bridgehead atoms. The number of aromatic nitrogens is 2. The fraction of sp³-hybridized carbons (Fsp3) is 0.300. The van der Waals surface area contributed by atoms with Crippen molar-refractivity contribution in [2.45, 2.75) is 37.8 Å². The van der Waals surface area contributed by atoms with Gasteiger partial charge in [0, 0.05) is 6.20 Å². The molecule has 0 aliphatic carbocycles. The van der Waals surface area contributed by atoms with Crippen LogP contribution in [0.4, 0.5) is 32.6 Å². The topological polar surface area (TPSA) is 150 Å². The number of carbonyl (C=O) groups excluding carboxylic acids is 1. The zero-order valence-corrected chi connectivity index (χ0v) is 17.8. The molecule has 35 heavy (non-hydrogen) atoms. The van der Waals surface area contributed by atoms with Gasteiger partial charge in [-0.25, -0.2) is 33.9 Å². The first kappa shape index (κ1) is 25.3. The molecule has 15 heteroatoms. The molecule has 2 amide bonds. The summed E-state index contributed by atoms with van der Waals surface area (Å²) in [5.74, 6) is -2.51. The highest BCUT2D eigenvalue weighted by atomic mass is 19.4. The number of hydrogen-bond acceptors (Lipinski definition) is 7. The first-order valence-corrected chi connectivity index (χ1v) is 9.58. The summed E-state index contributed by atoms with van der Waals surface area (Å²) in [6.45, 7) is 2.26. The van der Waals surface area contributed by atoms with Crippen LogP contribution in [0.2, 0.25) is 0 Å². The molecule has 2 aromatic rings. The molecule has 184 valence electrons. The molecule has 3 atom stereocenters. The lowest BCUT2D eigenvalue weighted by Crippen LogP contribution is -2.56. The lowest BCUT2D eigenvalue weighted by molar-refractivity contribution is -0.228. The number of hydrogen-bond donors (Lipinski definition) is 3. The minimum Gasteiger partial charge on any atom is -0.465 e. The summed E-state index contributed by atoms with van der Waals surface area (Å²) in [5, 5.41) is 21.4. The van der Waals surface area contributed by atoms with Crippen LogP contribution in [0.5, 0.6) is 0 Å². The van der Waals surface area contributed by atoms with Crippen LogP contribution in [0.3, 0.4) is 0 Å². The molecule has 1 aliphatic rings. The van der Waals surface area contributed by atoms with Crippen LogP contribution < -0.4 is 10.6 Å². The van der Waals surface area contributed by atoms with E-state index in [2.05, 4.69) is 25.0 Å². The van der Waals surface area contributed by atoms with Gasteiger partial charge < -0.3 is 15.2 Å². The Bertz CT molecular complexity index is 1260. The van der Waals surface area contributed by atoms with Crippen LogP contribution in [0.25, 0.3) is 0 Å². The molecule has 0 saturated carbocycles. The SMILES string of the molecule is Cc1cc(C#N)cnc1C(=O)Nc1ccc(F)c([C@@]2(C)N=C(NC(=O)O)O[C@H](C(F)(F)F)[C@@H]2F)n1. The normalized spacial score (nSPS) is 21.8. The Kier molecular flexibility index (Phi) is 6.59. The standard InChI is InChI=1S/C20H15F5N6O4/c1-8-5-9(6-26)7-27-12(8)16(32)29-11-4-3-10(21)14(28-11)19(2)13(22)15(20(23,24)25)35-17(31-19)30-18(33)34/h3-5,7,13,15H,1-2H3,(H,30,31)(H,33,34)(H,28,29,32)/t13-,15-,19-/m0/s1. The number of halogens is 5. The first-order valence-electron chi connectivity index (χ1n) is 9.58. The van der Waals surface area contributed by atoms with Crippen molar-refractivity contribution in [1.29, 1.82) is 5.26 Å². The van der Waals surface area contributed by atoms with E-state index >= 15 is 4.39 Å². The third kappa shape index (κ3) is 5.10. The maximum Gasteiger partial charge on any atom is 0.428 e. The van der Waals surface area contributed by atoms with Crippen LogP contribution in [0.15, 0.2) is 29.4 Å². The number of nitrogens with zero attached hydrogens (tertiary/aromatic N) is 4. The molecular weight excluding hydrogens is 483 g/mol. The van der Waals surface area contributed by atoms with Gasteiger partial charge in [0.05, 0.1) is 5.56 Å². The van der Waals surface area contributed by atoms with E-state index in [1.54, 1.807) is 0 Å². The number of alkyl halides is 4. The average Bonchev–Trinajstić information content (AvgIpc) is 2.76. The molecule has 3 rings (SSSR count). The van der Waals surface area contributed by atoms with Crippen LogP contribution in [-0.4, -0.2) is 51.5 Å².